The summed E-state index contributed by atoms with van der Waals surface area (Å²) in [5.74, 6) is 0.385. The highest BCUT2D eigenvalue weighted by Gasteiger charge is 2.23. The number of hydrogen-bond donors (Lipinski definition) is 0. The number of Topliss-reactive ketones (excluding diaryl/α,β-unsaturated/α-hetero) is 1. The smallest absolute Gasteiger partial charge is 0.133 e. The summed E-state index contributed by atoms with van der Waals surface area (Å²) in [6.45, 7) is 6.75. The SMILES string of the molecule is CCN1CCOC(COC2CCC(=O)CC2)C1. The van der Waals surface area contributed by atoms with Crippen LogP contribution in [0.5, 0.6) is 0 Å². The van der Waals surface area contributed by atoms with Gasteiger partial charge < -0.3 is 9.47 Å². The Bertz CT molecular complexity index is 247. The normalized spacial score (nSPS) is 28.5. The zero-order valence-electron chi connectivity index (χ0n) is 10.7. The lowest BCUT2D eigenvalue weighted by Gasteiger charge is -2.33. The molecule has 2 aliphatic rings. The average molecular weight is 241 g/mol. The quantitative estimate of drug-likeness (QED) is 0.742. The number of likely N-dealkylation sites (N-methyl/N-ethyl adjacent to an activating group) is 1. The molecule has 2 fully saturated rings. The Balaban J connectivity index is 1.65. The minimum Gasteiger partial charge on any atom is -0.375 e. The maximum absolute atomic E-state index is 11.1. The molecule has 0 spiro atoms. The zero-order valence-corrected chi connectivity index (χ0v) is 10.7. The van der Waals surface area contributed by atoms with E-state index in [1.54, 1.807) is 0 Å². The molecule has 1 saturated carbocycles. The van der Waals surface area contributed by atoms with Crippen molar-refractivity contribution in [2.45, 2.75) is 44.8 Å². The van der Waals surface area contributed by atoms with Gasteiger partial charge in [-0.15, -0.1) is 0 Å². The number of carbonyl (C=O) groups is 1. The van der Waals surface area contributed by atoms with Crippen molar-refractivity contribution >= 4 is 5.78 Å². The lowest BCUT2D eigenvalue weighted by atomic mass is 9.96. The summed E-state index contributed by atoms with van der Waals surface area (Å²) >= 11 is 0. The lowest BCUT2D eigenvalue weighted by molar-refractivity contribution is -0.125. The maximum atomic E-state index is 11.1. The van der Waals surface area contributed by atoms with Crippen LogP contribution in [0, 0.1) is 0 Å². The molecule has 1 atom stereocenters. The van der Waals surface area contributed by atoms with E-state index in [2.05, 4.69) is 11.8 Å². The van der Waals surface area contributed by atoms with Crippen LogP contribution in [0.3, 0.4) is 0 Å². The fraction of sp³-hybridized carbons (Fsp3) is 0.923. The molecule has 0 bridgehead atoms. The second-order valence-corrected chi connectivity index (χ2v) is 4.96. The molecule has 98 valence electrons. The van der Waals surface area contributed by atoms with Gasteiger partial charge in [-0.3, -0.25) is 9.69 Å². The van der Waals surface area contributed by atoms with Crippen molar-refractivity contribution < 1.29 is 14.3 Å². The molecule has 0 N–H and O–H groups in total. The Morgan fingerprint density at radius 3 is 2.88 bits per heavy atom. The van der Waals surface area contributed by atoms with Crippen LogP contribution < -0.4 is 0 Å². The highest BCUT2D eigenvalue weighted by Crippen LogP contribution is 2.18. The number of nitrogens with zero attached hydrogens (tertiary/aromatic N) is 1. The van der Waals surface area contributed by atoms with Crippen LogP contribution in [-0.2, 0) is 14.3 Å². The maximum Gasteiger partial charge on any atom is 0.133 e. The van der Waals surface area contributed by atoms with E-state index < -0.39 is 0 Å². The van der Waals surface area contributed by atoms with E-state index in [-0.39, 0.29) is 12.2 Å². The van der Waals surface area contributed by atoms with Gasteiger partial charge in [0.05, 0.1) is 25.4 Å². The molecule has 1 saturated heterocycles. The van der Waals surface area contributed by atoms with Gasteiger partial charge in [0.25, 0.3) is 0 Å². The van der Waals surface area contributed by atoms with Crippen molar-refractivity contribution in [3.05, 3.63) is 0 Å². The van der Waals surface area contributed by atoms with E-state index in [0.717, 1.165) is 39.1 Å². The third kappa shape index (κ3) is 4.05. The third-order valence-electron chi connectivity index (χ3n) is 3.68. The highest BCUT2D eigenvalue weighted by atomic mass is 16.5. The zero-order chi connectivity index (χ0) is 12.1. The van der Waals surface area contributed by atoms with Gasteiger partial charge in [0.15, 0.2) is 0 Å². The van der Waals surface area contributed by atoms with Crippen LogP contribution in [0.4, 0.5) is 0 Å². The Morgan fingerprint density at radius 2 is 2.18 bits per heavy atom. The molecule has 0 aromatic carbocycles. The minimum absolute atomic E-state index is 0.210. The number of ether oxygens (including phenoxy) is 2. The van der Waals surface area contributed by atoms with E-state index in [1.165, 1.54) is 0 Å². The summed E-state index contributed by atoms with van der Waals surface area (Å²) in [6.07, 6.45) is 3.65. The Labute approximate surface area is 103 Å². The summed E-state index contributed by atoms with van der Waals surface area (Å²) in [5.41, 5.74) is 0. The van der Waals surface area contributed by atoms with E-state index in [0.29, 0.717) is 25.2 Å². The van der Waals surface area contributed by atoms with Gasteiger partial charge in [-0.05, 0) is 19.4 Å². The first-order chi connectivity index (χ1) is 8.28. The van der Waals surface area contributed by atoms with Crippen LogP contribution in [-0.4, -0.2) is 55.7 Å². The van der Waals surface area contributed by atoms with Gasteiger partial charge in [-0.1, -0.05) is 6.92 Å². The van der Waals surface area contributed by atoms with Crippen LogP contribution >= 0.6 is 0 Å². The number of carbonyl (C=O) groups excluding carboxylic acids is 1. The summed E-state index contributed by atoms with van der Waals surface area (Å²) in [4.78, 5) is 13.5. The van der Waals surface area contributed by atoms with Crippen LogP contribution in [0.2, 0.25) is 0 Å². The van der Waals surface area contributed by atoms with Gasteiger partial charge in [0.2, 0.25) is 0 Å². The average Bonchev–Trinajstić information content (AvgIpc) is 2.38. The molecule has 4 heteroatoms. The van der Waals surface area contributed by atoms with Crippen molar-refractivity contribution in [3.63, 3.8) is 0 Å². The number of ketones is 1. The standard InChI is InChI=1S/C13H23NO3/c1-2-14-7-8-16-13(9-14)10-17-12-5-3-11(15)4-6-12/h12-13H,2-10H2,1H3. The molecule has 4 nitrogen and oxygen atoms in total. The largest absolute Gasteiger partial charge is 0.375 e. The molecule has 1 heterocycles. The molecule has 17 heavy (non-hydrogen) atoms. The van der Waals surface area contributed by atoms with Gasteiger partial charge in [-0.2, -0.15) is 0 Å². The summed E-state index contributed by atoms with van der Waals surface area (Å²) < 4.78 is 11.5. The lowest BCUT2D eigenvalue weighted by Crippen LogP contribution is -2.44. The first-order valence-corrected chi connectivity index (χ1v) is 6.75. The number of morpholine rings is 1. The number of hydrogen-bond acceptors (Lipinski definition) is 4. The third-order valence-corrected chi connectivity index (χ3v) is 3.68. The first-order valence-electron chi connectivity index (χ1n) is 6.75. The molecule has 0 radical (unpaired) electrons. The van der Waals surface area contributed by atoms with E-state index in [4.69, 9.17) is 9.47 Å². The van der Waals surface area contributed by atoms with Gasteiger partial charge >= 0.3 is 0 Å². The molecule has 2 rings (SSSR count). The summed E-state index contributed by atoms with van der Waals surface area (Å²) in [5, 5.41) is 0. The second kappa shape index (κ2) is 6.47. The van der Waals surface area contributed by atoms with Crippen molar-refractivity contribution in [1.29, 1.82) is 0 Å². The molecule has 1 unspecified atom stereocenters. The number of rotatable bonds is 4. The molecular formula is C13H23NO3. The van der Waals surface area contributed by atoms with Crippen molar-refractivity contribution in [1.82, 2.24) is 4.90 Å². The van der Waals surface area contributed by atoms with Crippen molar-refractivity contribution in [2.75, 3.05) is 32.8 Å². The van der Waals surface area contributed by atoms with E-state index in [9.17, 15) is 4.79 Å². The van der Waals surface area contributed by atoms with Crippen LogP contribution in [0.1, 0.15) is 32.6 Å². The predicted molar refractivity (Wildman–Crippen MR) is 65.1 cm³/mol. The fourth-order valence-electron chi connectivity index (χ4n) is 2.49. The van der Waals surface area contributed by atoms with Crippen molar-refractivity contribution in [2.24, 2.45) is 0 Å². The predicted octanol–water partition coefficient (Wildman–Crippen LogP) is 1.24. The highest BCUT2D eigenvalue weighted by molar-refractivity contribution is 5.79. The Kier molecular flexibility index (Phi) is 4.95. The molecule has 0 aromatic rings. The Hall–Kier alpha value is -0.450. The van der Waals surface area contributed by atoms with Crippen LogP contribution in [0.15, 0.2) is 0 Å². The van der Waals surface area contributed by atoms with Crippen molar-refractivity contribution in [3.8, 4) is 0 Å². The molecule has 1 aliphatic carbocycles. The van der Waals surface area contributed by atoms with Gasteiger partial charge in [0.1, 0.15) is 5.78 Å². The van der Waals surface area contributed by atoms with Gasteiger partial charge in [-0.25, -0.2) is 0 Å². The topological polar surface area (TPSA) is 38.8 Å². The molecule has 0 aromatic heterocycles. The van der Waals surface area contributed by atoms with Crippen LogP contribution in [0.25, 0.3) is 0 Å². The Morgan fingerprint density at radius 1 is 1.41 bits per heavy atom. The molecule has 0 amide bonds. The van der Waals surface area contributed by atoms with Gasteiger partial charge in [0, 0.05) is 25.9 Å². The minimum atomic E-state index is 0.210. The summed E-state index contributed by atoms with van der Waals surface area (Å²) in [7, 11) is 0. The monoisotopic (exact) mass is 241 g/mol. The molecular weight excluding hydrogens is 218 g/mol. The molecule has 1 aliphatic heterocycles. The second-order valence-electron chi connectivity index (χ2n) is 4.96. The summed E-state index contributed by atoms with van der Waals surface area (Å²) in [6, 6.07) is 0. The van der Waals surface area contributed by atoms with E-state index in [1.807, 2.05) is 0 Å². The van der Waals surface area contributed by atoms with E-state index >= 15 is 0 Å². The fourth-order valence-corrected chi connectivity index (χ4v) is 2.49. The first kappa shape index (κ1) is 13.0.